The maximum absolute atomic E-state index is 8.67. The lowest BCUT2D eigenvalue weighted by molar-refractivity contribution is 0.282. The van der Waals surface area contributed by atoms with Gasteiger partial charge < -0.3 is 5.11 Å². The molecule has 1 aromatic carbocycles. The molecule has 4 nitrogen and oxygen atoms in total. The topological polar surface area (TPSA) is 70.5 Å². The zero-order valence-electron chi connectivity index (χ0n) is 5.86. The quantitative estimate of drug-likeness (QED) is 0.485. The van der Waals surface area contributed by atoms with E-state index in [-0.39, 0.29) is 6.61 Å². The average Bonchev–Trinajstić information content (AvgIpc) is 2.07. The van der Waals surface area contributed by atoms with Gasteiger partial charge in [0.05, 0.1) is 6.61 Å². The van der Waals surface area contributed by atoms with Crippen LogP contribution in [0.4, 0.5) is 5.69 Å². The summed E-state index contributed by atoms with van der Waals surface area (Å²) in [5.41, 5.74) is 7.90. The number of hydrogen-bond acceptors (Lipinski definition) is 3. The highest BCUT2D eigenvalue weighted by molar-refractivity contribution is 5.37. The predicted octanol–water partition coefficient (Wildman–Crippen LogP) is 1.36. The van der Waals surface area contributed by atoms with Crippen LogP contribution in [0.1, 0.15) is 5.56 Å². The third-order valence-corrected chi connectivity index (χ3v) is 1.28. The summed E-state index contributed by atoms with van der Waals surface area (Å²) in [6.45, 7) is 0.0261. The van der Waals surface area contributed by atoms with Gasteiger partial charge in [-0.05, 0) is 17.7 Å². The Kier molecular flexibility index (Phi) is 2.49. The molecule has 56 valence electrons. The number of nitrogens with zero attached hydrogens (tertiary/aromatic N) is 2. The molecule has 0 aliphatic rings. The Morgan fingerprint density at radius 2 is 2.00 bits per heavy atom. The van der Waals surface area contributed by atoms with Gasteiger partial charge in [-0.3, -0.25) is 0 Å². The Labute approximate surface area is 63.7 Å². The summed E-state index contributed by atoms with van der Waals surface area (Å²) in [7, 11) is 0. The van der Waals surface area contributed by atoms with Gasteiger partial charge in [-0.25, -0.2) is 0 Å². The molecule has 0 fully saturated rings. The molecular formula is C7H8N3O+. The second-order valence-electron chi connectivity index (χ2n) is 2.02. The maximum atomic E-state index is 8.67. The first-order valence-electron chi connectivity index (χ1n) is 3.14. The van der Waals surface area contributed by atoms with Crippen molar-refractivity contribution in [2.75, 3.05) is 0 Å². The third kappa shape index (κ3) is 1.97. The van der Waals surface area contributed by atoms with Crippen LogP contribution in [0.2, 0.25) is 0 Å². The molecule has 0 heterocycles. The molecule has 0 saturated carbocycles. The minimum absolute atomic E-state index is 0.0261. The van der Waals surface area contributed by atoms with Crippen molar-refractivity contribution < 1.29 is 5.11 Å². The molecule has 0 saturated heterocycles. The summed E-state index contributed by atoms with van der Waals surface area (Å²) < 4.78 is 0. The van der Waals surface area contributed by atoms with Crippen LogP contribution in [0.15, 0.2) is 29.4 Å². The van der Waals surface area contributed by atoms with Gasteiger partial charge in [0.25, 0.3) is 0 Å². The summed E-state index contributed by atoms with van der Waals surface area (Å²) >= 11 is 0. The van der Waals surface area contributed by atoms with E-state index in [4.69, 9.17) is 10.6 Å². The van der Waals surface area contributed by atoms with Crippen molar-refractivity contribution in [2.24, 2.45) is 5.11 Å². The molecule has 1 aromatic rings. The van der Waals surface area contributed by atoms with E-state index >= 15 is 0 Å². The van der Waals surface area contributed by atoms with Crippen molar-refractivity contribution in [1.82, 2.24) is 4.91 Å². The minimum atomic E-state index is 0.0261. The fourth-order valence-corrected chi connectivity index (χ4v) is 0.726. The van der Waals surface area contributed by atoms with Crippen LogP contribution in [0, 0.1) is 5.53 Å². The Morgan fingerprint density at radius 3 is 2.45 bits per heavy atom. The first-order chi connectivity index (χ1) is 5.36. The molecule has 0 aliphatic carbocycles. The Bertz CT molecular complexity index is 274. The number of benzene rings is 1. The SMILES string of the molecule is N=[N+]=Nc1ccc(CO)cc1. The molecule has 0 aliphatic heterocycles. The molecule has 11 heavy (non-hydrogen) atoms. The Balaban J connectivity index is 2.91. The van der Waals surface area contributed by atoms with Crippen LogP contribution >= 0.6 is 0 Å². The monoisotopic (exact) mass is 150 g/mol. The van der Waals surface area contributed by atoms with E-state index in [0.717, 1.165) is 5.56 Å². The first kappa shape index (κ1) is 7.60. The van der Waals surface area contributed by atoms with Gasteiger partial charge in [0.1, 0.15) is 5.53 Å². The lowest BCUT2D eigenvalue weighted by atomic mass is 10.2. The van der Waals surface area contributed by atoms with E-state index in [2.05, 4.69) is 10.0 Å². The van der Waals surface area contributed by atoms with Crippen molar-refractivity contribution in [1.29, 1.82) is 5.53 Å². The number of nitrogens with one attached hydrogen (secondary N) is 1. The smallest absolute Gasteiger partial charge is 0.220 e. The van der Waals surface area contributed by atoms with Gasteiger partial charge in [0, 0.05) is 0 Å². The Hall–Kier alpha value is -1.51. The van der Waals surface area contributed by atoms with Crippen molar-refractivity contribution in [3.63, 3.8) is 0 Å². The van der Waals surface area contributed by atoms with Crippen molar-refractivity contribution >= 4 is 5.69 Å². The minimum Gasteiger partial charge on any atom is -0.392 e. The lowest BCUT2D eigenvalue weighted by Crippen LogP contribution is -1.79. The highest BCUT2D eigenvalue weighted by Crippen LogP contribution is 2.11. The van der Waals surface area contributed by atoms with Crippen LogP contribution in [-0.4, -0.2) is 5.11 Å². The van der Waals surface area contributed by atoms with Gasteiger partial charge in [0.2, 0.25) is 4.91 Å². The van der Waals surface area contributed by atoms with E-state index in [1.807, 2.05) is 0 Å². The molecule has 0 aromatic heterocycles. The summed E-state index contributed by atoms with van der Waals surface area (Å²) in [4.78, 5) is 2.87. The van der Waals surface area contributed by atoms with Crippen molar-refractivity contribution in [3.05, 3.63) is 29.8 Å². The molecule has 0 radical (unpaired) electrons. The van der Waals surface area contributed by atoms with Crippen LogP contribution in [0.3, 0.4) is 0 Å². The summed E-state index contributed by atoms with van der Waals surface area (Å²) in [6.07, 6.45) is 0. The molecule has 4 heteroatoms. The number of aliphatic hydroxyl groups is 1. The number of hydrogen-bond donors (Lipinski definition) is 2. The van der Waals surface area contributed by atoms with Crippen LogP contribution in [-0.2, 0) is 6.61 Å². The van der Waals surface area contributed by atoms with E-state index < -0.39 is 0 Å². The lowest BCUT2D eigenvalue weighted by Gasteiger charge is -1.91. The highest BCUT2D eigenvalue weighted by Gasteiger charge is 1.94. The van der Waals surface area contributed by atoms with Crippen molar-refractivity contribution in [2.45, 2.75) is 6.61 Å². The molecule has 0 unspecified atom stereocenters. The molecule has 0 bridgehead atoms. The fourth-order valence-electron chi connectivity index (χ4n) is 0.726. The zero-order chi connectivity index (χ0) is 8.10. The highest BCUT2D eigenvalue weighted by atomic mass is 16.3. The second-order valence-corrected chi connectivity index (χ2v) is 2.02. The van der Waals surface area contributed by atoms with E-state index in [1.165, 1.54) is 0 Å². The summed E-state index contributed by atoms with van der Waals surface area (Å²) in [5, 5.41) is 12.2. The standard InChI is InChI=1S/C7H8N3O/c8-10-9-7-3-1-6(5-11)2-4-7/h1-4,8,11H,5H2/q+1. The van der Waals surface area contributed by atoms with Gasteiger partial charge in [-0.2, -0.15) is 0 Å². The fraction of sp³-hybridized carbons (Fsp3) is 0.143. The molecular weight excluding hydrogens is 142 g/mol. The van der Waals surface area contributed by atoms with Gasteiger partial charge in [-0.15, -0.1) is 0 Å². The largest absolute Gasteiger partial charge is 0.392 e. The second kappa shape index (κ2) is 3.61. The van der Waals surface area contributed by atoms with Gasteiger partial charge in [0.15, 0.2) is 10.8 Å². The third-order valence-electron chi connectivity index (χ3n) is 1.28. The molecule has 0 amide bonds. The van der Waals surface area contributed by atoms with Crippen LogP contribution in [0.5, 0.6) is 0 Å². The average molecular weight is 150 g/mol. The maximum Gasteiger partial charge on any atom is 0.220 e. The number of aliphatic hydroxyl groups excluding tert-OH is 1. The molecule has 2 N–H and O–H groups in total. The van der Waals surface area contributed by atoms with E-state index in [1.54, 1.807) is 24.3 Å². The molecule has 0 atom stereocenters. The molecule has 1 rings (SSSR count). The Morgan fingerprint density at radius 1 is 1.36 bits per heavy atom. The van der Waals surface area contributed by atoms with Crippen LogP contribution in [0.25, 0.3) is 0 Å². The summed E-state index contributed by atoms with van der Waals surface area (Å²) in [5.74, 6) is 0. The van der Waals surface area contributed by atoms with Crippen LogP contribution < -0.4 is 4.91 Å². The normalized spacial score (nSPS) is 8.82. The van der Waals surface area contributed by atoms with Gasteiger partial charge in [-0.1, -0.05) is 12.1 Å². The molecule has 0 spiro atoms. The van der Waals surface area contributed by atoms with E-state index in [0.29, 0.717) is 5.69 Å². The zero-order valence-corrected chi connectivity index (χ0v) is 5.86. The summed E-state index contributed by atoms with van der Waals surface area (Å²) in [6, 6.07) is 6.88. The van der Waals surface area contributed by atoms with E-state index in [9.17, 15) is 0 Å². The first-order valence-corrected chi connectivity index (χ1v) is 3.14. The number of rotatable bonds is 2. The van der Waals surface area contributed by atoms with Crippen molar-refractivity contribution in [3.8, 4) is 0 Å². The van der Waals surface area contributed by atoms with Gasteiger partial charge >= 0.3 is 0 Å². The predicted molar refractivity (Wildman–Crippen MR) is 39.3 cm³/mol.